The molecular weight excluding hydrogens is 320 g/mol. The molecule has 2 N–H and O–H groups in total. The van der Waals surface area contributed by atoms with Gasteiger partial charge < -0.3 is 15.0 Å². The Morgan fingerprint density at radius 1 is 1.26 bits per heavy atom. The third-order valence-corrected chi connectivity index (χ3v) is 2.70. The number of benzene rings is 1. The smallest absolute Gasteiger partial charge is 0.417 e. The average Bonchev–Trinajstić information content (AvgIpc) is 2.47. The van der Waals surface area contributed by atoms with E-state index >= 15 is 0 Å². The van der Waals surface area contributed by atoms with E-state index in [0.717, 1.165) is 6.07 Å². The van der Waals surface area contributed by atoms with Gasteiger partial charge in [0, 0.05) is 6.20 Å². The number of amides is 1. The van der Waals surface area contributed by atoms with E-state index in [2.05, 4.69) is 0 Å². The predicted molar refractivity (Wildman–Crippen MR) is 72.6 cm³/mol. The Labute approximate surface area is 126 Å². The summed E-state index contributed by atoms with van der Waals surface area (Å²) in [7, 11) is 0. The Kier molecular flexibility index (Phi) is 4.68. The van der Waals surface area contributed by atoms with E-state index in [1.165, 1.54) is 18.2 Å². The van der Waals surface area contributed by atoms with Gasteiger partial charge in [0.2, 0.25) is 0 Å². The summed E-state index contributed by atoms with van der Waals surface area (Å²) in [5.41, 5.74) is -2.61. The number of H-pyrrole nitrogens is 1. The number of nitrogens with one attached hydrogen (secondary N) is 2. The molecule has 0 saturated carbocycles. The summed E-state index contributed by atoms with van der Waals surface area (Å²) in [6.07, 6.45) is -4.18. The Morgan fingerprint density at radius 3 is 2.61 bits per heavy atom. The van der Waals surface area contributed by atoms with Crippen molar-refractivity contribution in [3.8, 4) is 5.75 Å². The highest BCUT2D eigenvalue weighted by Crippen LogP contribution is 2.29. The minimum atomic E-state index is -4.67. The highest BCUT2D eigenvalue weighted by atomic mass is 19.4. The number of hydrogen-bond donors (Lipinski definition) is 2. The van der Waals surface area contributed by atoms with Crippen LogP contribution in [0.2, 0.25) is 0 Å². The zero-order valence-electron chi connectivity index (χ0n) is 11.4. The molecule has 5 nitrogen and oxygen atoms in total. The lowest BCUT2D eigenvalue weighted by atomic mass is 10.2. The lowest BCUT2D eigenvalue weighted by Crippen LogP contribution is -2.25. The number of aromatic amines is 1. The van der Waals surface area contributed by atoms with Gasteiger partial charge in [-0.2, -0.15) is 13.2 Å². The van der Waals surface area contributed by atoms with Gasteiger partial charge in [0.25, 0.3) is 11.5 Å². The molecule has 1 aromatic heterocycles. The topological polar surface area (TPSA) is 71.2 Å². The summed E-state index contributed by atoms with van der Waals surface area (Å²) in [5.74, 6) is -1.80. The number of halogens is 4. The molecule has 2 aromatic rings. The van der Waals surface area contributed by atoms with Crippen LogP contribution in [0.3, 0.4) is 0 Å². The number of pyridine rings is 1. The van der Waals surface area contributed by atoms with Crippen molar-refractivity contribution in [2.75, 3.05) is 11.9 Å². The molecule has 1 amide bonds. The SMILES string of the molecule is O=C(COc1ccccc1F)Nc1cc(C(F)(F)F)c[nH]c1=O. The third-order valence-electron chi connectivity index (χ3n) is 2.70. The first-order chi connectivity index (χ1) is 10.8. The van der Waals surface area contributed by atoms with Gasteiger partial charge in [0.15, 0.2) is 18.2 Å². The van der Waals surface area contributed by atoms with Gasteiger partial charge in [0.05, 0.1) is 5.56 Å². The average molecular weight is 330 g/mol. The number of alkyl halides is 3. The molecule has 0 saturated heterocycles. The monoisotopic (exact) mass is 330 g/mol. The Morgan fingerprint density at radius 2 is 1.96 bits per heavy atom. The van der Waals surface area contributed by atoms with Crippen LogP contribution in [0.1, 0.15) is 5.56 Å². The van der Waals surface area contributed by atoms with Crippen molar-refractivity contribution in [1.29, 1.82) is 0 Å². The van der Waals surface area contributed by atoms with Crippen molar-refractivity contribution < 1.29 is 27.1 Å². The van der Waals surface area contributed by atoms with Crippen LogP contribution in [0.4, 0.5) is 23.2 Å². The van der Waals surface area contributed by atoms with Gasteiger partial charge >= 0.3 is 6.18 Å². The van der Waals surface area contributed by atoms with Crippen LogP contribution in [-0.4, -0.2) is 17.5 Å². The summed E-state index contributed by atoms with van der Waals surface area (Å²) in [6, 6.07) is 5.79. The normalized spacial score (nSPS) is 11.1. The van der Waals surface area contributed by atoms with E-state index in [9.17, 15) is 27.2 Å². The van der Waals surface area contributed by atoms with Crippen LogP contribution < -0.4 is 15.6 Å². The number of carbonyl (C=O) groups excluding carboxylic acids is 1. The molecule has 1 aromatic carbocycles. The van der Waals surface area contributed by atoms with Crippen molar-refractivity contribution in [2.45, 2.75) is 6.18 Å². The van der Waals surface area contributed by atoms with Gasteiger partial charge in [-0.1, -0.05) is 12.1 Å². The van der Waals surface area contributed by atoms with Crippen LogP contribution in [-0.2, 0) is 11.0 Å². The minimum absolute atomic E-state index is 0.194. The zero-order chi connectivity index (χ0) is 17.0. The molecule has 0 aliphatic rings. The molecule has 1 heterocycles. The van der Waals surface area contributed by atoms with Crippen LogP contribution in [0.5, 0.6) is 5.75 Å². The van der Waals surface area contributed by atoms with E-state index in [0.29, 0.717) is 12.3 Å². The third kappa shape index (κ3) is 4.31. The molecule has 0 radical (unpaired) electrons. The van der Waals surface area contributed by atoms with E-state index in [1.807, 2.05) is 10.3 Å². The molecule has 0 aliphatic heterocycles. The molecule has 0 atom stereocenters. The van der Waals surface area contributed by atoms with E-state index < -0.39 is 41.3 Å². The van der Waals surface area contributed by atoms with Crippen molar-refractivity contribution >= 4 is 11.6 Å². The quantitative estimate of drug-likeness (QED) is 0.847. The molecule has 9 heteroatoms. The molecular formula is C14H10F4N2O3. The first-order valence-corrected chi connectivity index (χ1v) is 6.24. The molecule has 0 bridgehead atoms. The molecule has 122 valence electrons. The van der Waals surface area contributed by atoms with Gasteiger partial charge in [-0.3, -0.25) is 9.59 Å². The van der Waals surface area contributed by atoms with Gasteiger partial charge in [0.1, 0.15) is 5.69 Å². The number of aromatic nitrogens is 1. The Hall–Kier alpha value is -2.84. The second kappa shape index (κ2) is 6.51. The fourth-order valence-corrected chi connectivity index (χ4v) is 1.63. The first-order valence-electron chi connectivity index (χ1n) is 6.24. The second-order valence-electron chi connectivity index (χ2n) is 4.40. The lowest BCUT2D eigenvalue weighted by Gasteiger charge is -2.10. The molecule has 0 fully saturated rings. The van der Waals surface area contributed by atoms with Gasteiger partial charge in [-0.15, -0.1) is 0 Å². The van der Waals surface area contributed by atoms with E-state index in [1.54, 1.807) is 0 Å². The molecule has 0 spiro atoms. The maximum absolute atomic E-state index is 13.3. The van der Waals surface area contributed by atoms with Crippen LogP contribution in [0.15, 0.2) is 41.3 Å². The number of para-hydroxylation sites is 1. The highest BCUT2D eigenvalue weighted by molar-refractivity contribution is 5.91. The second-order valence-corrected chi connectivity index (χ2v) is 4.40. The van der Waals surface area contributed by atoms with Crippen molar-refractivity contribution in [2.24, 2.45) is 0 Å². The highest BCUT2D eigenvalue weighted by Gasteiger charge is 2.31. The predicted octanol–water partition coefficient (Wildman–Crippen LogP) is 2.55. The van der Waals surface area contributed by atoms with Crippen LogP contribution in [0.25, 0.3) is 0 Å². The van der Waals surface area contributed by atoms with Crippen molar-refractivity contribution in [3.63, 3.8) is 0 Å². The summed E-state index contributed by atoms with van der Waals surface area (Å²) >= 11 is 0. The number of hydrogen-bond acceptors (Lipinski definition) is 3. The number of rotatable bonds is 4. The molecule has 2 rings (SSSR count). The van der Waals surface area contributed by atoms with Crippen molar-refractivity contribution in [1.82, 2.24) is 4.98 Å². The maximum atomic E-state index is 13.3. The number of carbonyl (C=O) groups is 1. The Bertz CT molecular complexity index is 771. The van der Waals surface area contributed by atoms with Gasteiger partial charge in [-0.05, 0) is 18.2 Å². The van der Waals surface area contributed by atoms with E-state index in [4.69, 9.17) is 4.74 Å². The summed E-state index contributed by atoms with van der Waals surface area (Å²) < 4.78 is 55.8. The fraction of sp³-hybridized carbons (Fsp3) is 0.143. The lowest BCUT2D eigenvalue weighted by molar-refractivity contribution is -0.137. The van der Waals surface area contributed by atoms with Crippen LogP contribution >= 0.6 is 0 Å². The first kappa shape index (κ1) is 16.5. The molecule has 0 aliphatic carbocycles. The van der Waals surface area contributed by atoms with Crippen LogP contribution in [0, 0.1) is 5.82 Å². The minimum Gasteiger partial charge on any atom is -0.481 e. The van der Waals surface area contributed by atoms with E-state index in [-0.39, 0.29) is 5.75 Å². The van der Waals surface area contributed by atoms with Gasteiger partial charge in [-0.25, -0.2) is 4.39 Å². The number of ether oxygens (including phenoxy) is 1. The zero-order valence-corrected chi connectivity index (χ0v) is 11.4. The number of anilines is 1. The van der Waals surface area contributed by atoms with Crippen molar-refractivity contribution in [3.05, 3.63) is 58.3 Å². The fourth-order valence-electron chi connectivity index (χ4n) is 1.63. The summed E-state index contributed by atoms with van der Waals surface area (Å²) in [4.78, 5) is 24.9. The summed E-state index contributed by atoms with van der Waals surface area (Å²) in [6.45, 7) is -0.670. The molecule has 0 unspecified atom stereocenters. The largest absolute Gasteiger partial charge is 0.481 e. The standard InChI is InChI=1S/C14H10F4N2O3/c15-9-3-1-2-4-11(9)23-7-12(21)20-10-5-8(14(16,17)18)6-19-13(10)22/h1-6H,7H2,(H,19,22)(H,20,21). The Balaban J connectivity index is 2.06. The maximum Gasteiger partial charge on any atom is 0.417 e. The molecule has 23 heavy (non-hydrogen) atoms. The summed E-state index contributed by atoms with van der Waals surface area (Å²) in [5, 5.41) is 1.98.